The summed E-state index contributed by atoms with van der Waals surface area (Å²) in [5, 5.41) is 0. The maximum atomic E-state index is 14.7. The number of amides is 1. The normalized spacial score (nSPS) is 17.0. The molecule has 3 rings (SSSR count). The van der Waals surface area contributed by atoms with Crippen LogP contribution >= 0.6 is 0 Å². The maximum absolute atomic E-state index is 14.7. The van der Waals surface area contributed by atoms with E-state index >= 15 is 0 Å². The first-order valence-corrected chi connectivity index (χ1v) is 10.4. The average molecular weight is 391 g/mol. The summed E-state index contributed by atoms with van der Waals surface area (Å²) in [6.07, 6.45) is 1.78. The molecular formula is C19H22FN3O3S. The van der Waals surface area contributed by atoms with Gasteiger partial charge in [0.1, 0.15) is 5.82 Å². The molecular weight excluding hydrogens is 369 g/mol. The van der Waals surface area contributed by atoms with Gasteiger partial charge >= 0.3 is 0 Å². The van der Waals surface area contributed by atoms with Crippen LogP contribution in [0.2, 0.25) is 0 Å². The third-order valence-corrected chi connectivity index (χ3v) is 5.85. The number of fused-ring (bicyclic) bond motifs is 1. The van der Waals surface area contributed by atoms with E-state index in [1.54, 1.807) is 25.1 Å². The van der Waals surface area contributed by atoms with Gasteiger partial charge in [0.25, 0.3) is 0 Å². The second kappa shape index (κ2) is 7.26. The Balaban J connectivity index is 1.90. The number of aryl methyl sites for hydroxylation is 1. The fraction of sp³-hybridized carbons (Fsp3) is 0.368. The number of nitrogens with one attached hydrogen (secondary N) is 1. The quantitative estimate of drug-likeness (QED) is 0.848. The van der Waals surface area contributed by atoms with Gasteiger partial charge in [-0.05, 0) is 43.0 Å². The van der Waals surface area contributed by atoms with E-state index in [1.807, 2.05) is 13.8 Å². The zero-order valence-corrected chi connectivity index (χ0v) is 16.3. The minimum Gasteiger partial charge on any atom is -0.310 e. The summed E-state index contributed by atoms with van der Waals surface area (Å²) >= 11 is 0. The molecule has 6 nitrogen and oxygen atoms in total. The average Bonchev–Trinajstić information content (AvgIpc) is 2.57. The van der Waals surface area contributed by atoms with Gasteiger partial charge in [-0.2, -0.15) is 0 Å². The van der Waals surface area contributed by atoms with Crippen molar-refractivity contribution in [2.45, 2.75) is 38.9 Å². The van der Waals surface area contributed by atoms with E-state index in [0.717, 1.165) is 11.8 Å². The number of anilines is 2. The Kier molecular flexibility index (Phi) is 5.19. The summed E-state index contributed by atoms with van der Waals surface area (Å²) < 4.78 is 42.1. The summed E-state index contributed by atoms with van der Waals surface area (Å²) in [5.74, 6) is -1.18. The highest BCUT2D eigenvalue weighted by molar-refractivity contribution is 7.91. The van der Waals surface area contributed by atoms with E-state index in [2.05, 4.69) is 9.71 Å². The van der Waals surface area contributed by atoms with Gasteiger partial charge in [0.2, 0.25) is 15.9 Å². The van der Waals surface area contributed by atoms with Gasteiger partial charge in [0.05, 0.1) is 17.1 Å². The molecule has 1 unspecified atom stereocenters. The first kappa shape index (κ1) is 19.3. The van der Waals surface area contributed by atoms with Crippen molar-refractivity contribution in [2.24, 2.45) is 0 Å². The summed E-state index contributed by atoms with van der Waals surface area (Å²) in [5.41, 5.74) is 2.37. The number of nitrogens with zero attached hydrogens (tertiary/aromatic N) is 2. The van der Waals surface area contributed by atoms with Crippen molar-refractivity contribution in [1.82, 2.24) is 4.98 Å². The van der Waals surface area contributed by atoms with Crippen LogP contribution < -0.4 is 9.62 Å². The van der Waals surface area contributed by atoms with E-state index in [0.29, 0.717) is 17.7 Å². The molecule has 27 heavy (non-hydrogen) atoms. The van der Waals surface area contributed by atoms with Crippen LogP contribution in [0.3, 0.4) is 0 Å². The van der Waals surface area contributed by atoms with Crippen molar-refractivity contribution in [2.75, 3.05) is 16.2 Å². The Hall–Kier alpha value is -2.48. The van der Waals surface area contributed by atoms with E-state index < -0.39 is 15.8 Å². The fourth-order valence-corrected chi connectivity index (χ4v) is 4.46. The molecule has 1 aromatic heterocycles. The monoisotopic (exact) mass is 391 g/mol. The molecule has 0 saturated carbocycles. The highest BCUT2D eigenvalue weighted by Crippen LogP contribution is 2.39. The fourth-order valence-electron chi connectivity index (χ4n) is 3.30. The Bertz CT molecular complexity index is 974. The molecule has 0 aliphatic carbocycles. The molecule has 1 atom stereocenters. The molecule has 1 N–H and O–H groups in total. The van der Waals surface area contributed by atoms with Crippen LogP contribution in [0.5, 0.6) is 0 Å². The lowest BCUT2D eigenvalue weighted by Gasteiger charge is -2.32. The van der Waals surface area contributed by atoms with Crippen LogP contribution in [-0.4, -0.2) is 25.9 Å². The molecule has 1 amide bonds. The summed E-state index contributed by atoms with van der Waals surface area (Å²) in [7, 11) is -3.73. The predicted octanol–water partition coefficient (Wildman–Crippen LogP) is 3.33. The first-order valence-electron chi connectivity index (χ1n) is 8.76. The largest absolute Gasteiger partial charge is 0.310 e. The Morgan fingerprint density at radius 2 is 2.07 bits per heavy atom. The topological polar surface area (TPSA) is 79.4 Å². The molecule has 1 aromatic carbocycles. The molecule has 0 radical (unpaired) electrons. The van der Waals surface area contributed by atoms with Gasteiger partial charge in [-0.25, -0.2) is 12.8 Å². The number of benzene rings is 1. The highest BCUT2D eigenvalue weighted by Gasteiger charge is 2.31. The molecule has 1 aliphatic heterocycles. The number of pyridine rings is 1. The molecule has 1 aliphatic rings. The minimum atomic E-state index is -3.73. The van der Waals surface area contributed by atoms with E-state index in [9.17, 15) is 17.6 Å². The number of rotatable bonds is 5. The van der Waals surface area contributed by atoms with E-state index in [4.69, 9.17) is 0 Å². The second-order valence-corrected chi connectivity index (χ2v) is 8.53. The molecule has 0 fully saturated rings. The van der Waals surface area contributed by atoms with E-state index in [-0.39, 0.29) is 35.4 Å². The molecule has 2 aromatic rings. The van der Waals surface area contributed by atoms with Crippen LogP contribution in [0.1, 0.15) is 43.0 Å². The number of halogens is 1. The number of hydrogen-bond acceptors (Lipinski definition) is 4. The third-order valence-electron chi connectivity index (χ3n) is 4.59. The van der Waals surface area contributed by atoms with Crippen molar-refractivity contribution >= 4 is 27.3 Å². The summed E-state index contributed by atoms with van der Waals surface area (Å²) in [6, 6.07) is 6.17. The van der Waals surface area contributed by atoms with Crippen LogP contribution in [0, 0.1) is 12.7 Å². The van der Waals surface area contributed by atoms with Gasteiger partial charge in [-0.15, -0.1) is 0 Å². The lowest BCUT2D eigenvalue weighted by molar-refractivity contribution is -0.119. The van der Waals surface area contributed by atoms with Gasteiger partial charge in [-0.1, -0.05) is 13.0 Å². The van der Waals surface area contributed by atoms with Crippen molar-refractivity contribution in [1.29, 1.82) is 0 Å². The van der Waals surface area contributed by atoms with Crippen LogP contribution in [0.25, 0.3) is 0 Å². The zero-order chi connectivity index (χ0) is 19.8. The smallest absolute Gasteiger partial charge is 0.236 e. The van der Waals surface area contributed by atoms with Crippen LogP contribution in [-0.2, 0) is 20.6 Å². The van der Waals surface area contributed by atoms with Crippen LogP contribution in [0.15, 0.2) is 30.5 Å². The molecule has 8 heteroatoms. The number of carbonyl (C=O) groups excluding carboxylic acids is 1. The predicted molar refractivity (Wildman–Crippen MR) is 103 cm³/mol. The lowest BCUT2D eigenvalue weighted by atomic mass is 9.90. The molecule has 144 valence electrons. The molecule has 0 saturated heterocycles. The number of hydrogen-bond donors (Lipinski definition) is 1. The van der Waals surface area contributed by atoms with E-state index in [1.165, 1.54) is 11.1 Å². The third kappa shape index (κ3) is 4.10. The van der Waals surface area contributed by atoms with Crippen LogP contribution in [0.4, 0.5) is 15.8 Å². The maximum Gasteiger partial charge on any atom is 0.236 e. The highest BCUT2D eigenvalue weighted by atomic mass is 32.2. The van der Waals surface area contributed by atoms with Gasteiger partial charge in [0.15, 0.2) is 0 Å². The van der Waals surface area contributed by atoms with Gasteiger partial charge in [0, 0.05) is 30.9 Å². The van der Waals surface area contributed by atoms with Crippen molar-refractivity contribution in [3.63, 3.8) is 0 Å². The Labute approximate surface area is 158 Å². The number of carbonyl (C=O) groups is 1. The van der Waals surface area contributed by atoms with Crippen molar-refractivity contribution in [3.8, 4) is 0 Å². The lowest BCUT2D eigenvalue weighted by Crippen LogP contribution is -2.36. The van der Waals surface area contributed by atoms with Gasteiger partial charge < -0.3 is 4.90 Å². The first-order chi connectivity index (χ1) is 12.7. The summed E-state index contributed by atoms with van der Waals surface area (Å²) in [4.78, 5) is 17.6. The van der Waals surface area contributed by atoms with Crippen molar-refractivity contribution < 1.29 is 17.6 Å². The minimum absolute atomic E-state index is 0.128. The Morgan fingerprint density at radius 1 is 1.33 bits per heavy atom. The SMILES string of the molecule is CCN1C(=O)CC(C)c2cc(NS(=O)(=O)Cc3ccc(C)nc3)cc(F)c21. The van der Waals surface area contributed by atoms with Crippen molar-refractivity contribution in [3.05, 3.63) is 53.1 Å². The standard InChI is InChI=1S/C19H22FN3O3S/c1-4-23-18(24)7-12(2)16-8-15(9-17(20)19(16)23)22-27(25,26)11-14-6-5-13(3)21-10-14/h5-6,8-10,12,22H,4,7,11H2,1-3H3. The molecule has 0 spiro atoms. The second-order valence-electron chi connectivity index (χ2n) is 6.81. The summed E-state index contributed by atoms with van der Waals surface area (Å²) in [6.45, 7) is 5.79. The molecule has 0 bridgehead atoms. The Morgan fingerprint density at radius 3 is 2.70 bits per heavy atom. The number of sulfonamides is 1. The number of aromatic nitrogens is 1. The molecule has 2 heterocycles. The van der Waals surface area contributed by atoms with Gasteiger partial charge in [-0.3, -0.25) is 14.5 Å². The zero-order valence-electron chi connectivity index (χ0n) is 15.5.